The average Bonchev–Trinajstić information content (AvgIpc) is 2.15. The smallest absolute Gasteiger partial charge is 0.273 e. The minimum atomic E-state index is -2.73. The highest BCUT2D eigenvalue weighted by molar-refractivity contribution is 5.28. The van der Waals surface area contributed by atoms with Crippen molar-refractivity contribution in [2.75, 3.05) is 0 Å². The van der Waals surface area contributed by atoms with Crippen molar-refractivity contribution in [2.24, 2.45) is 5.73 Å². The molecule has 0 spiro atoms. The SMILES string of the molecule is CCCC(F)(F)c1cccc(CC(C)(C)N)c1. The number of benzene rings is 1. The van der Waals surface area contributed by atoms with E-state index < -0.39 is 5.92 Å². The van der Waals surface area contributed by atoms with Gasteiger partial charge in [0.25, 0.3) is 5.92 Å². The molecule has 0 radical (unpaired) electrons. The van der Waals surface area contributed by atoms with Crippen LogP contribution in [0, 0.1) is 0 Å². The third-order valence-electron chi connectivity index (χ3n) is 2.57. The summed E-state index contributed by atoms with van der Waals surface area (Å²) >= 11 is 0. The summed E-state index contributed by atoms with van der Waals surface area (Å²) in [5.41, 5.74) is 6.49. The van der Waals surface area contributed by atoms with Crippen molar-refractivity contribution < 1.29 is 8.78 Å². The Morgan fingerprint density at radius 1 is 1.24 bits per heavy atom. The van der Waals surface area contributed by atoms with Gasteiger partial charge in [0.2, 0.25) is 0 Å². The maximum atomic E-state index is 13.7. The van der Waals surface area contributed by atoms with Crippen LogP contribution in [-0.2, 0) is 12.3 Å². The lowest BCUT2D eigenvalue weighted by atomic mass is 9.93. The van der Waals surface area contributed by atoms with Crippen molar-refractivity contribution >= 4 is 0 Å². The minimum absolute atomic E-state index is 0.0982. The molecule has 0 heterocycles. The van der Waals surface area contributed by atoms with Crippen molar-refractivity contribution in [1.29, 1.82) is 0 Å². The Hall–Kier alpha value is -0.960. The molecule has 0 aliphatic rings. The summed E-state index contributed by atoms with van der Waals surface area (Å²) in [4.78, 5) is 0. The molecule has 0 aliphatic carbocycles. The van der Waals surface area contributed by atoms with E-state index in [1.54, 1.807) is 19.1 Å². The number of halogens is 2. The summed E-state index contributed by atoms with van der Waals surface area (Å²) in [6.45, 7) is 5.55. The zero-order valence-electron chi connectivity index (χ0n) is 10.8. The molecule has 0 amide bonds. The quantitative estimate of drug-likeness (QED) is 0.832. The van der Waals surface area contributed by atoms with Crippen LogP contribution in [0.5, 0.6) is 0 Å². The molecule has 2 N–H and O–H groups in total. The third kappa shape index (κ3) is 4.43. The Labute approximate surface area is 102 Å². The van der Waals surface area contributed by atoms with Gasteiger partial charge >= 0.3 is 0 Å². The summed E-state index contributed by atoms with van der Waals surface area (Å²) in [6.07, 6.45) is 0.963. The first-order valence-electron chi connectivity index (χ1n) is 6.01. The van der Waals surface area contributed by atoms with E-state index in [0.717, 1.165) is 5.56 Å². The molecule has 96 valence electrons. The van der Waals surface area contributed by atoms with E-state index >= 15 is 0 Å². The summed E-state index contributed by atoms with van der Waals surface area (Å²) in [5, 5.41) is 0. The lowest BCUT2D eigenvalue weighted by molar-refractivity contribution is -0.0141. The van der Waals surface area contributed by atoms with Crippen molar-refractivity contribution in [3.8, 4) is 0 Å². The first kappa shape index (κ1) is 14.1. The normalized spacial score (nSPS) is 12.8. The van der Waals surface area contributed by atoms with Gasteiger partial charge in [0, 0.05) is 17.5 Å². The number of alkyl halides is 2. The molecule has 0 saturated carbocycles. The predicted octanol–water partition coefficient (Wildman–Crippen LogP) is 3.86. The van der Waals surface area contributed by atoms with Crippen LogP contribution in [-0.4, -0.2) is 5.54 Å². The maximum Gasteiger partial charge on any atom is 0.273 e. The molecule has 1 aromatic rings. The van der Waals surface area contributed by atoms with Gasteiger partial charge in [-0.1, -0.05) is 31.5 Å². The van der Waals surface area contributed by atoms with E-state index in [4.69, 9.17) is 5.73 Å². The van der Waals surface area contributed by atoms with E-state index in [-0.39, 0.29) is 17.5 Å². The molecule has 1 rings (SSSR count). The molecular weight excluding hydrogens is 220 g/mol. The molecule has 0 aliphatic heterocycles. The van der Waals surface area contributed by atoms with Gasteiger partial charge in [-0.05, 0) is 31.9 Å². The molecule has 1 aromatic carbocycles. The van der Waals surface area contributed by atoms with E-state index in [1.165, 1.54) is 6.07 Å². The van der Waals surface area contributed by atoms with Crippen molar-refractivity contribution in [2.45, 2.75) is 51.5 Å². The molecule has 0 saturated heterocycles. The van der Waals surface area contributed by atoms with Gasteiger partial charge in [-0.3, -0.25) is 0 Å². The lowest BCUT2D eigenvalue weighted by Gasteiger charge is -2.21. The standard InChI is InChI=1S/C14H21F2N/c1-4-8-14(15,16)12-7-5-6-11(9-12)10-13(2,3)17/h5-7,9H,4,8,10,17H2,1-3H3. The van der Waals surface area contributed by atoms with Gasteiger partial charge in [0.15, 0.2) is 0 Å². The molecule has 0 aromatic heterocycles. The largest absolute Gasteiger partial charge is 0.325 e. The number of hydrogen-bond donors (Lipinski definition) is 1. The molecule has 0 atom stereocenters. The third-order valence-corrected chi connectivity index (χ3v) is 2.57. The number of nitrogens with two attached hydrogens (primary N) is 1. The van der Waals surface area contributed by atoms with Crippen LogP contribution in [0.2, 0.25) is 0 Å². The zero-order valence-corrected chi connectivity index (χ0v) is 10.8. The Bertz CT molecular complexity index is 367. The molecule has 3 heteroatoms. The van der Waals surface area contributed by atoms with Crippen molar-refractivity contribution in [3.05, 3.63) is 35.4 Å². The second-order valence-electron chi connectivity index (χ2n) is 5.32. The Balaban J connectivity index is 2.93. The van der Waals surface area contributed by atoms with Gasteiger partial charge in [0.1, 0.15) is 0 Å². The van der Waals surface area contributed by atoms with Gasteiger partial charge in [-0.15, -0.1) is 0 Å². The van der Waals surface area contributed by atoms with E-state index in [2.05, 4.69) is 0 Å². The van der Waals surface area contributed by atoms with Crippen LogP contribution >= 0.6 is 0 Å². The lowest BCUT2D eigenvalue weighted by Crippen LogP contribution is -2.34. The Kier molecular flexibility index (Phi) is 4.26. The number of rotatable bonds is 5. The molecular formula is C14H21F2N. The molecule has 0 unspecified atom stereocenters. The van der Waals surface area contributed by atoms with E-state index in [1.807, 2.05) is 19.9 Å². The fourth-order valence-electron chi connectivity index (χ4n) is 1.89. The summed E-state index contributed by atoms with van der Waals surface area (Å²) in [6, 6.07) is 6.59. The predicted molar refractivity (Wildman–Crippen MR) is 67.2 cm³/mol. The monoisotopic (exact) mass is 241 g/mol. The van der Waals surface area contributed by atoms with E-state index in [0.29, 0.717) is 12.8 Å². The topological polar surface area (TPSA) is 26.0 Å². The second kappa shape index (κ2) is 5.13. The van der Waals surface area contributed by atoms with Crippen LogP contribution in [0.1, 0.15) is 44.7 Å². The van der Waals surface area contributed by atoms with Crippen molar-refractivity contribution in [3.63, 3.8) is 0 Å². The fraction of sp³-hybridized carbons (Fsp3) is 0.571. The minimum Gasteiger partial charge on any atom is -0.325 e. The fourth-order valence-corrected chi connectivity index (χ4v) is 1.89. The van der Waals surface area contributed by atoms with Crippen LogP contribution < -0.4 is 5.73 Å². The van der Waals surface area contributed by atoms with Crippen LogP contribution in [0.15, 0.2) is 24.3 Å². The second-order valence-corrected chi connectivity index (χ2v) is 5.32. The number of hydrogen-bond acceptors (Lipinski definition) is 1. The zero-order chi connectivity index (χ0) is 13.1. The van der Waals surface area contributed by atoms with Crippen molar-refractivity contribution in [1.82, 2.24) is 0 Å². The summed E-state index contributed by atoms with van der Waals surface area (Å²) < 4.78 is 27.5. The van der Waals surface area contributed by atoms with Crippen LogP contribution in [0.3, 0.4) is 0 Å². The highest BCUT2D eigenvalue weighted by atomic mass is 19.3. The highest BCUT2D eigenvalue weighted by Gasteiger charge is 2.30. The molecule has 0 fully saturated rings. The average molecular weight is 241 g/mol. The first-order valence-corrected chi connectivity index (χ1v) is 6.01. The van der Waals surface area contributed by atoms with Gasteiger partial charge < -0.3 is 5.73 Å². The Morgan fingerprint density at radius 2 is 1.88 bits per heavy atom. The van der Waals surface area contributed by atoms with Gasteiger partial charge in [-0.2, -0.15) is 0 Å². The van der Waals surface area contributed by atoms with Gasteiger partial charge in [0.05, 0.1) is 0 Å². The van der Waals surface area contributed by atoms with Crippen LogP contribution in [0.25, 0.3) is 0 Å². The van der Waals surface area contributed by atoms with Gasteiger partial charge in [-0.25, -0.2) is 8.78 Å². The van der Waals surface area contributed by atoms with Crippen LogP contribution in [0.4, 0.5) is 8.78 Å². The first-order chi connectivity index (χ1) is 7.74. The molecule has 1 nitrogen and oxygen atoms in total. The maximum absolute atomic E-state index is 13.7. The molecule has 17 heavy (non-hydrogen) atoms. The van der Waals surface area contributed by atoms with E-state index in [9.17, 15) is 8.78 Å². The highest BCUT2D eigenvalue weighted by Crippen LogP contribution is 2.33. The summed E-state index contributed by atoms with van der Waals surface area (Å²) in [7, 11) is 0. The molecule has 0 bridgehead atoms. The summed E-state index contributed by atoms with van der Waals surface area (Å²) in [5.74, 6) is -2.73. The Morgan fingerprint density at radius 3 is 2.41 bits per heavy atom.